The molecule has 3 aromatic rings. The highest BCUT2D eigenvalue weighted by Gasteiger charge is 2.10. The van der Waals surface area contributed by atoms with E-state index in [-0.39, 0.29) is 0 Å². The van der Waals surface area contributed by atoms with Crippen molar-refractivity contribution in [3.05, 3.63) is 52.3 Å². The number of hydrogen-bond donors (Lipinski definition) is 0. The molecule has 0 atom stereocenters. The van der Waals surface area contributed by atoms with E-state index in [0.29, 0.717) is 0 Å². The highest BCUT2D eigenvalue weighted by Crippen LogP contribution is 2.32. The zero-order valence-corrected chi connectivity index (χ0v) is 10.7. The Labute approximate surface area is 105 Å². The number of thiazole rings is 1. The molecule has 0 amide bonds. The summed E-state index contributed by atoms with van der Waals surface area (Å²) in [7, 11) is 0. The highest BCUT2D eigenvalue weighted by molar-refractivity contribution is 7.11. The predicted octanol–water partition coefficient (Wildman–Crippen LogP) is 4.58. The van der Waals surface area contributed by atoms with Gasteiger partial charge >= 0.3 is 0 Å². The molecule has 0 spiro atoms. The number of rotatable bonds is 1. The van der Waals surface area contributed by atoms with Gasteiger partial charge in [-0.05, 0) is 24.6 Å². The standard InChI is InChI=1S/C15H13NS/c1-10-15(16-11(2)17-10)14-9-5-7-12-6-3-4-8-13(12)14/h3-9H,1-2H3. The van der Waals surface area contributed by atoms with Crippen LogP contribution in [0.3, 0.4) is 0 Å². The van der Waals surface area contributed by atoms with Gasteiger partial charge in [-0.2, -0.15) is 0 Å². The van der Waals surface area contributed by atoms with Gasteiger partial charge in [-0.25, -0.2) is 4.98 Å². The first-order valence-corrected chi connectivity index (χ1v) is 6.49. The minimum atomic E-state index is 1.13. The van der Waals surface area contributed by atoms with Crippen LogP contribution in [-0.2, 0) is 0 Å². The molecule has 0 saturated heterocycles. The van der Waals surface area contributed by atoms with Gasteiger partial charge in [0.2, 0.25) is 0 Å². The summed E-state index contributed by atoms with van der Waals surface area (Å²) in [5.41, 5.74) is 2.37. The van der Waals surface area contributed by atoms with Gasteiger partial charge in [0.25, 0.3) is 0 Å². The Morgan fingerprint density at radius 3 is 2.47 bits per heavy atom. The first-order chi connectivity index (χ1) is 8.25. The lowest BCUT2D eigenvalue weighted by molar-refractivity contribution is 1.29. The normalized spacial score (nSPS) is 10.9. The van der Waals surface area contributed by atoms with Gasteiger partial charge in [-0.15, -0.1) is 11.3 Å². The van der Waals surface area contributed by atoms with Crippen LogP contribution in [0.15, 0.2) is 42.5 Å². The van der Waals surface area contributed by atoms with E-state index in [4.69, 9.17) is 0 Å². The van der Waals surface area contributed by atoms with Crippen molar-refractivity contribution in [3.8, 4) is 11.3 Å². The fourth-order valence-corrected chi connectivity index (χ4v) is 3.04. The molecule has 0 bridgehead atoms. The molecule has 0 fully saturated rings. The molecule has 0 unspecified atom stereocenters. The minimum Gasteiger partial charge on any atom is -0.241 e. The van der Waals surface area contributed by atoms with Crippen LogP contribution >= 0.6 is 11.3 Å². The zero-order valence-electron chi connectivity index (χ0n) is 9.90. The molecular weight excluding hydrogens is 226 g/mol. The van der Waals surface area contributed by atoms with Crippen LogP contribution in [0.25, 0.3) is 22.0 Å². The predicted molar refractivity (Wildman–Crippen MR) is 74.5 cm³/mol. The van der Waals surface area contributed by atoms with Crippen molar-refractivity contribution in [1.29, 1.82) is 0 Å². The van der Waals surface area contributed by atoms with Gasteiger partial charge in [0, 0.05) is 10.4 Å². The molecule has 2 heteroatoms. The van der Waals surface area contributed by atoms with Crippen LogP contribution < -0.4 is 0 Å². The average molecular weight is 239 g/mol. The quantitative estimate of drug-likeness (QED) is 0.605. The summed E-state index contributed by atoms with van der Waals surface area (Å²) in [6.07, 6.45) is 0. The number of benzene rings is 2. The lowest BCUT2D eigenvalue weighted by atomic mass is 10.0. The number of hydrogen-bond acceptors (Lipinski definition) is 2. The summed E-state index contributed by atoms with van der Waals surface area (Å²) in [5.74, 6) is 0. The molecule has 0 N–H and O–H groups in total. The van der Waals surface area contributed by atoms with E-state index in [1.807, 2.05) is 0 Å². The summed E-state index contributed by atoms with van der Waals surface area (Å²) in [6, 6.07) is 14.9. The van der Waals surface area contributed by atoms with Crippen molar-refractivity contribution in [3.63, 3.8) is 0 Å². The van der Waals surface area contributed by atoms with Gasteiger partial charge in [0.05, 0.1) is 10.7 Å². The second-order valence-corrected chi connectivity index (χ2v) is 5.57. The third-order valence-corrected chi connectivity index (χ3v) is 3.83. The van der Waals surface area contributed by atoms with E-state index in [1.54, 1.807) is 11.3 Å². The third-order valence-electron chi connectivity index (χ3n) is 2.95. The Kier molecular flexibility index (Phi) is 2.45. The molecule has 0 aliphatic carbocycles. The summed E-state index contributed by atoms with van der Waals surface area (Å²) < 4.78 is 0. The fraction of sp³-hybridized carbons (Fsp3) is 0.133. The van der Waals surface area contributed by atoms with Crippen molar-refractivity contribution in [1.82, 2.24) is 4.98 Å². The molecule has 0 saturated carbocycles. The maximum Gasteiger partial charge on any atom is 0.0904 e. The number of nitrogens with zero attached hydrogens (tertiary/aromatic N) is 1. The minimum absolute atomic E-state index is 1.13. The van der Waals surface area contributed by atoms with Crippen molar-refractivity contribution in [2.75, 3.05) is 0 Å². The van der Waals surface area contributed by atoms with Crippen LogP contribution in [0.4, 0.5) is 0 Å². The summed E-state index contributed by atoms with van der Waals surface area (Å²) >= 11 is 1.76. The monoisotopic (exact) mass is 239 g/mol. The van der Waals surface area contributed by atoms with Crippen molar-refractivity contribution < 1.29 is 0 Å². The molecule has 0 radical (unpaired) electrons. The van der Waals surface area contributed by atoms with Gasteiger partial charge in [-0.1, -0.05) is 42.5 Å². The summed E-state index contributed by atoms with van der Waals surface area (Å²) in [4.78, 5) is 5.94. The zero-order chi connectivity index (χ0) is 11.8. The second-order valence-electron chi connectivity index (χ2n) is 4.16. The van der Waals surface area contributed by atoms with E-state index < -0.39 is 0 Å². The Balaban J connectivity index is 2.34. The lowest BCUT2D eigenvalue weighted by Gasteiger charge is -2.04. The molecule has 0 aliphatic rings. The Hall–Kier alpha value is -1.67. The number of aromatic nitrogens is 1. The van der Waals surface area contributed by atoms with Gasteiger partial charge in [0.1, 0.15) is 0 Å². The van der Waals surface area contributed by atoms with Crippen LogP contribution in [0.5, 0.6) is 0 Å². The van der Waals surface area contributed by atoms with E-state index in [9.17, 15) is 0 Å². The summed E-state index contributed by atoms with van der Waals surface area (Å²) in [5, 5.41) is 3.68. The van der Waals surface area contributed by atoms with Crippen LogP contribution in [0.1, 0.15) is 9.88 Å². The smallest absolute Gasteiger partial charge is 0.0904 e. The van der Waals surface area contributed by atoms with Gasteiger partial charge < -0.3 is 0 Å². The third kappa shape index (κ3) is 1.75. The van der Waals surface area contributed by atoms with E-state index in [1.165, 1.54) is 21.2 Å². The molecule has 2 aromatic carbocycles. The molecule has 1 aromatic heterocycles. The highest BCUT2D eigenvalue weighted by atomic mass is 32.1. The number of aryl methyl sites for hydroxylation is 2. The lowest BCUT2D eigenvalue weighted by Crippen LogP contribution is -1.83. The Bertz CT molecular complexity index is 677. The SMILES string of the molecule is Cc1nc(-c2cccc3ccccc23)c(C)s1. The Morgan fingerprint density at radius 2 is 1.71 bits per heavy atom. The molecule has 0 aliphatic heterocycles. The largest absolute Gasteiger partial charge is 0.241 e. The Morgan fingerprint density at radius 1 is 0.941 bits per heavy atom. The summed E-state index contributed by atoms with van der Waals surface area (Å²) in [6.45, 7) is 4.20. The first kappa shape index (κ1) is 10.5. The molecule has 1 heterocycles. The fourth-order valence-electron chi connectivity index (χ4n) is 2.21. The van der Waals surface area contributed by atoms with E-state index in [0.717, 1.165) is 10.7 Å². The molecule has 17 heavy (non-hydrogen) atoms. The second kappa shape index (κ2) is 3.97. The maximum absolute atomic E-state index is 4.65. The van der Waals surface area contributed by atoms with Crippen LogP contribution in [-0.4, -0.2) is 4.98 Å². The van der Waals surface area contributed by atoms with E-state index >= 15 is 0 Å². The van der Waals surface area contributed by atoms with Crippen LogP contribution in [0.2, 0.25) is 0 Å². The van der Waals surface area contributed by atoms with Crippen molar-refractivity contribution in [2.45, 2.75) is 13.8 Å². The molecule has 1 nitrogen and oxygen atoms in total. The maximum atomic E-state index is 4.65. The molecule has 3 rings (SSSR count). The van der Waals surface area contributed by atoms with Gasteiger partial charge in [-0.3, -0.25) is 0 Å². The van der Waals surface area contributed by atoms with E-state index in [2.05, 4.69) is 61.3 Å². The van der Waals surface area contributed by atoms with Crippen LogP contribution in [0, 0.1) is 13.8 Å². The van der Waals surface area contributed by atoms with Crippen molar-refractivity contribution in [2.24, 2.45) is 0 Å². The molecular formula is C15H13NS. The van der Waals surface area contributed by atoms with Gasteiger partial charge in [0.15, 0.2) is 0 Å². The first-order valence-electron chi connectivity index (χ1n) is 5.68. The average Bonchev–Trinajstić information content (AvgIpc) is 2.68. The molecule has 84 valence electrons. The topological polar surface area (TPSA) is 12.9 Å². The number of fused-ring (bicyclic) bond motifs is 1. The van der Waals surface area contributed by atoms with Crippen molar-refractivity contribution >= 4 is 22.1 Å².